The van der Waals surface area contributed by atoms with Gasteiger partial charge in [0.25, 0.3) is 5.56 Å². The van der Waals surface area contributed by atoms with Gasteiger partial charge in [-0.15, -0.1) is 0 Å². The van der Waals surface area contributed by atoms with Gasteiger partial charge in [0, 0.05) is 17.5 Å². The lowest BCUT2D eigenvalue weighted by atomic mass is 10.1. The van der Waals surface area contributed by atoms with Crippen LogP contribution in [0.1, 0.15) is 31.2 Å². The molecule has 0 saturated heterocycles. The Morgan fingerprint density at radius 3 is 2.88 bits per heavy atom. The van der Waals surface area contributed by atoms with Crippen LogP contribution in [0.2, 0.25) is 0 Å². The lowest BCUT2D eigenvalue weighted by Gasteiger charge is -2.17. The first kappa shape index (κ1) is 15.5. The second kappa shape index (κ2) is 5.81. The minimum atomic E-state index is -0.134. The van der Waals surface area contributed by atoms with E-state index in [4.69, 9.17) is 9.47 Å². The van der Waals surface area contributed by atoms with Gasteiger partial charge in [0.15, 0.2) is 11.5 Å². The van der Waals surface area contributed by atoms with Crippen LogP contribution in [-0.4, -0.2) is 21.5 Å². The van der Waals surface area contributed by atoms with Gasteiger partial charge in [-0.3, -0.25) is 9.36 Å². The van der Waals surface area contributed by atoms with Gasteiger partial charge >= 0.3 is 0 Å². The number of hydrogen-bond acceptors (Lipinski definition) is 5. The van der Waals surface area contributed by atoms with E-state index in [0.717, 1.165) is 5.56 Å². The third-order valence-corrected chi connectivity index (χ3v) is 4.29. The molecule has 3 aromatic rings. The van der Waals surface area contributed by atoms with Gasteiger partial charge in [-0.05, 0) is 18.2 Å². The summed E-state index contributed by atoms with van der Waals surface area (Å²) in [5.74, 6) is 2.18. The van der Waals surface area contributed by atoms with Gasteiger partial charge in [-0.2, -0.15) is 0 Å². The number of hydrogen-bond donors (Lipinski definition) is 1. The van der Waals surface area contributed by atoms with Gasteiger partial charge < -0.3 is 14.6 Å². The number of rotatable bonds is 3. The van der Waals surface area contributed by atoms with E-state index in [1.54, 1.807) is 10.6 Å². The maximum absolute atomic E-state index is 13.0. The van der Waals surface area contributed by atoms with Crippen molar-refractivity contribution in [2.24, 2.45) is 0 Å². The van der Waals surface area contributed by atoms with Crippen molar-refractivity contribution in [2.45, 2.75) is 26.3 Å². The lowest BCUT2D eigenvalue weighted by molar-refractivity contribution is 0.173. The first-order chi connectivity index (χ1) is 12.0. The van der Waals surface area contributed by atoms with Crippen LogP contribution in [-0.2, 0) is 6.54 Å². The molecule has 25 heavy (non-hydrogen) atoms. The molecular formula is C19H18N2O4. The highest BCUT2D eigenvalue weighted by Crippen LogP contribution is 2.35. The van der Waals surface area contributed by atoms with Crippen molar-refractivity contribution in [1.29, 1.82) is 0 Å². The molecule has 0 saturated carbocycles. The van der Waals surface area contributed by atoms with Gasteiger partial charge in [-0.1, -0.05) is 26.0 Å². The third kappa shape index (κ3) is 2.59. The van der Waals surface area contributed by atoms with Crippen LogP contribution in [0.5, 0.6) is 17.2 Å². The fraction of sp³-hybridized carbons (Fsp3) is 0.263. The number of para-hydroxylation sites is 1. The molecule has 128 valence electrons. The maximum atomic E-state index is 13.0. The Hall–Kier alpha value is -3.02. The van der Waals surface area contributed by atoms with E-state index >= 15 is 0 Å². The summed E-state index contributed by atoms with van der Waals surface area (Å²) < 4.78 is 12.6. The van der Waals surface area contributed by atoms with Crippen molar-refractivity contribution in [3.8, 4) is 17.2 Å². The number of ether oxygens (including phenoxy) is 2. The highest BCUT2D eigenvalue weighted by Gasteiger charge is 2.20. The molecule has 2 aromatic carbocycles. The van der Waals surface area contributed by atoms with Crippen LogP contribution in [0.3, 0.4) is 0 Å². The average molecular weight is 338 g/mol. The Labute approximate surface area is 144 Å². The molecule has 1 aliphatic rings. The first-order valence-corrected chi connectivity index (χ1v) is 8.15. The van der Waals surface area contributed by atoms with E-state index in [9.17, 15) is 9.90 Å². The number of aromatic nitrogens is 2. The molecule has 0 bridgehead atoms. The summed E-state index contributed by atoms with van der Waals surface area (Å²) in [7, 11) is 0. The van der Waals surface area contributed by atoms with E-state index < -0.39 is 0 Å². The zero-order valence-electron chi connectivity index (χ0n) is 14.0. The highest BCUT2D eigenvalue weighted by atomic mass is 16.7. The van der Waals surface area contributed by atoms with E-state index in [1.807, 2.05) is 32.0 Å². The molecule has 6 nitrogen and oxygen atoms in total. The van der Waals surface area contributed by atoms with Gasteiger partial charge in [0.05, 0.1) is 17.4 Å². The third-order valence-electron chi connectivity index (χ3n) is 4.29. The van der Waals surface area contributed by atoms with Crippen LogP contribution >= 0.6 is 0 Å². The molecule has 0 radical (unpaired) electrons. The molecule has 6 heteroatoms. The molecule has 4 rings (SSSR count). The van der Waals surface area contributed by atoms with Crippen molar-refractivity contribution >= 4 is 10.9 Å². The Balaban J connectivity index is 1.91. The van der Waals surface area contributed by atoms with Crippen LogP contribution < -0.4 is 15.0 Å². The van der Waals surface area contributed by atoms with Crippen LogP contribution in [0.15, 0.2) is 41.2 Å². The summed E-state index contributed by atoms with van der Waals surface area (Å²) in [5, 5.41) is 10.2. The summed E-state index contributed by atoms with van der Waals surface area (Å²) in [6, 6.07) is 10.3. The van der Waals surface area contributed by atoms with Crippen molar-refractivity contribution in [2.75, 3.05) is 6.79 Å². The summed E-state index contributed by atoms with van der Waals surface area (Å²) in [4.78, 5) is 17.7. The first-order valence-electron chi connectivity index (χ1n) is 8.15. The Morgan fingerprint density at radius 1 is 1.24 bits per heavy atom. The van der Waals surface area contributed by atoms with Gasteiger partial charge in [0.2, 0.25) is 6.79 Å². The summed E-state index contributed by atoms with van der Waals surface area (Å²) >= 11 is 0. The smallest absolute Gasteiger partial charge is 0.261 e. The number of nitrogens with zero attached hydrogens (tertiary/aromatic N) is 2. The van der Waals surface area contributed by atoms with E-state index in [0.29, 0.717) is 34.8 Å². The monoisotopic (exact) mass is 338 g/mol. The minimum absolute atomic E-state index is 0.0494. The van der Waals surface area contributed by atoms with Gasteiger partial charge in [-0.25, -0.2) is 4.98 Å². The number of phenolic OH excluding ortho intramolecular Hbond substituents is 1. The second-order valence-electron chi connectivity index (χ2n) is 6.37. The SMILES string of the molecule is CC(C)c1nc2cc(O)ccc2c(=O)n1Cc1cccc2c1OCO2. The minimum Gasteiger partial charge on any atom is -0.508 e. The number of benzene rings is 2. The van der Waals surface area contributed by atoms with Crippen molar-refractivity contribution < 1.29 is 14.6 Å². The van der Waals surface area contributed by atoms with E-state index in [-0.39, 0.29) is 24.0 Å². The molecule has 0 aliphatic carbocycles. The molecule has 1 N–H and O–H groups in total. The Morgan fingerprint density at radius 2 is 2.08 bits per heavy atom. The fourth-order valence-electron chi connectivity index (χ4n) is 3.11. The lowest BCUT2D eigenvalue weighted by Crippen LogP contribution is -2.26. The second-order valence-corrected chi connectivity index (χ2v) is 6.37. The van der Waals surface area contributed by atoms with Crippen molar-refractivity contribution in [3.05, 3.63) is 58.1 Å². The van der Waals surface area contributed by atoms with Crippen LogP contribution in [0.25, 0.3) is 10.9 Å². The Bertz CT molecular complexity index is 1020. The zero-order valence-corrected chi connectivity index (χ0v) is 14.0. The molecule has 0 spiro atoms. The molecule has 1 aliphatic heterocycles. The number of phenols is 1. The normalized spacial score (nSPS) is 12.9. The average Bonchev–Trinajstić information content (AvgIpc) is 3.06. The molecule has 0 fully saturated rings. The molecule has 0 amide bonds. The van der Waals surface area contributed by atoms with Crippen molar-refractivity contribution in [1.82, 2.24) is 9.55 Å². The van der Waals surface area contributed by atoms with Crippen LogP contribution in [0, 0.1) is 0 Å². The van der Waals surface area contributed by atoms with E-state index in [1.165, 1.54) is 12.1 Å². The predicted molar refractivity (Wildman–Crippen MR) is 93.4 cm³/mol. The summed E-state index contributed by atoms with van der Waals surface area (Å²) in [5.41, 5.74) is 1.24. The zero-order chi connectivity index (χ0) is 17.6. The number of aromatic hydroxyl groups is 1. The molecule has 1 aromatic heterocycles. The van der Waals surface area contributed by atoms with Crippen molar-refractivity contribution in [3.63, 3.8) is 0 Å². The predicted octanol–water partition coefficient (Wildman–Crippen LogP) is 3.00. The molecule has 0 atom stereocenters. The molecule has 2 heterocycles. The molecular weight excluding hydrogens is 320 g/mol. The fourth-order valence-corrected chi connectivity index (χ4v) is 3.11. The highest BCUT2D eigenvalue weighted by molar-refractivity contribution is 5.79. The van der Waals surface area contributed by atoms with Gasteiger partial charge in [0.1, 0.15) is 11.6 Å². The van der Waals surface area contributed by atoms with Crippen LogP contribution in [0.4, 0.5) is 0 Å². The molecule has 0 unspecified atom stereocenters. The maximum Gasteiger partial charge on any atom is 0.261 e. The quantitative estimate of drug-likeness (QED) is 0.795. The summed E-state index contributed by atoms with van der Waals surface area (Å²) in [6.45, 7) is 4.51. The Kier molecular flexibility index (Phi) is 3.60. The topological polar surface area (TPSA) is 73.6 Å². The summed E-state index contributed by atoms with van der Waals surface area (Å²) in [6.07, 6.45) is 0. The largest absolute Gasteiger partial charge is 0.508 e. The van der Waals surface area contributed by atoms with E-state index in [2.05, 4.69) is 4.98 Å². The number of fused-ring (bicyclic) bond motifs is 2. The standard InChI is InChI=1S/C19H18N2O4/c1-11(2)18-20-15-8-13(22)6-7-14(15)19(23)21(18)9-12-4-3-5-16-17(12)25-10-24-16/h3-8,11,22H,9-10H2,1-2H3.